The Kier molecular flexibility index (Phi) is 5.88. The van der Waals surface area contributed by atoms with Gasteiger partial charge in [0.05, 0.1) is 7.11 Å². The summed E-state index contributed by atoms with van der Waals surface area (Å²) in [6.45, 7) is 6.49. The summed E-state index contributed by atoms with van der Waals surface area (Å²) >= 11 is 0. The van der Waals surface area contributed by atoms with Gasteiger partial charge in [-0.1, -0.05) is 19.1 Å². The van der Waals surface area contributed by atoms with E-state index in [1.165, 1.54) is 17.5 Å². The monoisotopic (exact) mass is 286 g/mol. The highest BCUT2D eigenvalue weighted by Crippen LogP contribution is 2.15. The fourth-order valence-electron chi connectivity index (χ4n) is 2.38. The number of aromatic nitrogens is 1. The molecule has 0 aliphatic carbocycles. The molecule has 0 fully saturated rings. The van der Waals surface area contributed by atoms with Crippen molar-refractivity contribution in [3.8, 4) is 5.75 Å². The molecule has 0 radical (unpaired) electrons. The summed E-state index contributed by atoms with van der Waals surface area (Å²) < 4.78 is 7.45. The van der Waals surface area contributed by atoms with E-state index in [0.717, 1.165) is 25.3 Å². The van der Waals surface area contributed by atoms with Gasteiger partial charge in [0.1, 0.15) is 5.75 Å². The van der Waals surface area contributed by atoms with Gasteiger partial charge in [-0.25, -0.2) is 0 Å². The molecule has 0 saturated heterocycles. The first-order chi connectivity index (χ1) is 10.2. The normalized spacial score (nSPS) is 12.3. The molecule has 1 aromatic heterocycles. The van der Waals surface area contributed by atoms with E-state index in [4.69, 9.17) is 4.74 Å². The maximum atomic E-state index is 5.18. The van der Waals surface area contributed by atoms with Gasteiger partial charge in [-0.2, -0.15) is 0 Å². The number of rotatable bonds is 8. The Morgan fingerprint density at radius 2 is 1.95 bits per heavy atom. The van der Waals surface area contributed by atoms with Gasteiger partial charge >= 0.3 is 0 Å². The predicted molar refractivity (Wildman–Crippen MR) is 87.8 cm³/mol. The molecule has 2 aromatic rings. The van der Waals surface area contributed by atoms with Crippen molar-refractivity contribution in [2.24, 2.45) is 0 Å². The van der Waals surface area contributed by atoms with Crippen LogP contribution in [0, 0.1) is 0 Å². The lowest BCUT2D eigenvalue weighted by Crippen LogP contribution is -2.18. The summed E-state index contributed by atoms with van der Waals surface area (Å²) in [4.78, 5) is 0. The zero-order chi connectivity index (χ0) is 15.1. The van der Waals surface area contributed by atoms with Crippen molar-refractivity contribution in [3.63, 3.8) is 0 Å². The van der Waals surface area contributed by atoms with Crippen molar-refractivity contribution in [2.45, 2.75) is 39.3 Å². The molecule has 0 spiro atoms. The third-order valence-electron chi connectivity index (χ3n) is 3.79. The maximum Gasteiger partial charge on any atom is 0.118 e. The predicted octanol–water partition coefficient (Wildman–Crippen LogP) is 3.80. The SMILES string of the molecule is CCCNC(C)c1ccn(CCc2ccc(OC)cc2)c1. The molecule has 1 aromatic carbocycles. The van der Waals surface area contributed by atoms with E-state index in [-0.39, 0.29) is 0 Å². The number of methoxy groups -OCH3 is 1. The molecule has 0 amide bonds. The van der Waals surface area contributed by atoms with Crippen LogP contribution in [-0.2, 0) is 13.0 Å². The average molecular weight is 286 g/mol. The molecular weight excluding hydrogens is 260 g/mol. The third-order valence-corrected chi connectivity index (χ3v) is 3.79. The van der Waals surface area contributed by atoms with E-state index in [1.54, 1.807) is 7.11 Å². The summed E-state index contributed by atoms with van der Waals surface area (Å²) in [5.74, 6) is 0.915. The van der Waals surface area contributed by atoms with Crippen molar-refractivity contribution >= 4 is 0 Å². The van der Waals surface area contributed by atoms with Crippen molar-refractivity contribution in [2.75, 3.05) is 13.7 Å². The van der Waals surface area contributed by atoms with E-state index in [2.05, 4.69) is 54.3 Å². The van der Waals surface area contributed by atoms with Crippen molar-refractivity contribution in [1.29, 1.82) is 0 Å². The third kappa shape index (κ3) is 4.64. The summed E-state index contributed by atoms with van der Waals surface area (Å²) in [5, 5.41) is 3.52. The minimum Gasteiger partial charge on any atom is -0.497 e. The highest BCUT2D eigenvalue weighted by Gasteiger charge is 2.05. The molecule has 3 nitrogen and oxygen atoms in total. The van der Waals surface area contributed by atoms with Crippen molar-refractivity contribution < 1.29 is 4.74 Å². The highest BCUT2D eigenvalue weighted by atomic mass is 16.5. The summed E-state index contributed by atoms with van der Waals surface area (Å²) in [7, 11) is 1.70. The van der Waals surface area contributed by atoms with Crippen molar-refractivity contribution in [3.05, 3.63) is 53.9 Å². The number of benzene rings is 1. The van der Waals surface area contributed by atoms with Gasteiger partial charge in [0.25, 0.3) is 0 Å². The summed E-state index contributed by atoms with van der Waals surface area (Å²) in [5.41, 5.74) is 2.70. The molecule has 2 rings (SSSR count). The maximum absolute atomic E-state index is 5.18. The fourth-order valence-corrected chi connectivity index (χ4v) is 2.38. The van der Waals surface area contributed by atoms with Crippen LogP contribution in [0.2, 0.25) is 0 Å². The molecule has 1 heterocycles. The quantitative estimate of drug-likeness (QED) is 0.799. The van der Waals surface area contributed by atoms with Gasteiger partial charge in [0.2, 0.25) is 0 Å². The molecule has 1 atom stereocenters. The molecule has 0 bridgehead atoms. The van der Waals surface area contributed by atoms with Gasteiger partial charge in [0, 0.05) is 25.0 Å². The first kappa shape index (κ1) is 15.6. The first-order valence-electron chi connectivity index (χ1n) is 7.75. The van der Waals surface area contributed by atoms with Crippen LogP contribution >= 0.6 is 0 Å². The average Bonchev–Trinajstić information content (AvgIpc) is 3.00. The van der Waals surface area contributed by atoms with E-state index in [9.17, 15) is 0 Å². The molecular formula is C18H26N2O. The van der Waals surface area contributed by atoms with Gasteiger partial charge in [-0.15, -0.1) is 0 Å². The molecule has 1 unspecified atom stereocenters. The van der Waals surface area contributed by atoms with E-state index < -0.39 is 0 Å². The van der Waals surface area contributed by atoms with Crippen LogP contribution in [0.4, 0.5) is 0 Å². The molecule has 0 aliphatic rings. The van der Waals surface area contributed by atoms with E-state index in [0.29, 0.717) is 6.04 Å². The first-order valence-corrected chi connectivity index (χ1v) is 7.75. The second kappa shape index (κ2) is 7.89. The number of hydrogen-bond acceptors (Lipinski definition) is 2. The molecule has 21 heavy (non-hydrogen) atoms. The minimum atomic E-state index is 0.423. The Hall–Kier alpha value is -1.74. The lowest BCUT2D eigenvalue weighted by molar-refractivity contribution is 0.414. The second-order valence-corrected chi connectivity index (χ2v) is 5.46. The zero-order valence-corrected chi connectivity index (χ0v) is 13.3. The Bertz CT molecular complexity index is 530. The van der Waals surface area contributed by atoms with E-state index >= 15 is 0 Å². The van der Waals surface area contributed by atoms with Gasteiger partial charge in [0.15, 0.2) is 0 Å². The Labute approximate surface area is 127 Å². The van der Waals surface area contributed by atoms with E-state index in [1.807, 2.05) is 12.1 Å². The van der Waals surface area contributed by atoms with Crippen LogP contribution < -0.4 is 10.1 Å². The van der Waals surface area contributed by atoms with Crippen LogP contribution in [0.1, 0.15) is 37.4 Å². The summed E-state index contributed by atoms with van der Waals surface area (Å²) in [6.07, 6.45) is 6.62. The lowest BCUT2D eigenvalue weighted by atomic mass is 10.1. The van der Waals surface area contributed by atoms with Crippen LogP contribution in [0.5, 0.6) is 5.75 Å². The lowest BCUT2D eigenvalue weighted by Gasteiger charge is -2.11. The molecule has 3 heteroatoms. The number of nitrogens with one attached hydrogen (secondary N) is 1. The fraction of sp³-hybridized carbons (Fsp3) is 0.444. The smallest absolute Gasteiger partial charge is 0.118 e. The topological polar surface area (TPSA) is 26.2 Å². The number of nitrogens with zero attached hydrogens (tertiary/aromatic N) is 1. The summed E-state index contributed by atoms with van der Waals surface area (Å²) in [6, 6.07) is 10.9. The molecule has 1 N–H and O–H groups in total. The number of aryl methyl sites for hydroxylation is 2. The molecule has 0 aliphatic heterocycles. The van der Waals surface area contributed by atoms with Crippen LogP contribution in [0.25, 0.3) is 0 Å². The van der Waals surface area contributed by atoms with Gasteiger partial charge < -0.3 is 14.6 Å². The molecule has 114 valence electrons. The Morgan fingerprint density at radius 3 is 2.62 bits per heavy atom. The second-order valence-electron chi connectivity index (χ2n) is 5.46. The number of hydrogen-bond donors (Lipinski definition) is 1. The minimum absolute atomic E-state index is 0.423. The Balaban J connectivity index is 1.87. The van der Waals surface area contributed by atoms with Gasteiger partial charge in [-0.3, -0.25) is 0 Å². The zero-order valence-electron chi connectivity index (χ0n) is 13.3. The van der Waals surface area contributed by atoms with Crippen LogP contribution in [0.15, 0.2) is 42.7 Å². The molecule has 0 saturated carbocycles. The van der Waals surface area contributed by atoms with Crippen LogP contribution in [0.3, 0.4) is 0 Å². The van der Waals surface area contributed by atoms with Crippen molar-refractivity contribution in [1.82, 2.24) is 9.88 Å². The highest BCUT2D eigenvalue weighted by molar-refractivity contribution is 5.27. The Morgan fingerprint density at radius 1 is 1.19 bits per heavy atom. The standard InChI is InChI=1S/C18H26N2O/c1-4-11-19-15(2)17-10-13-20(14-17)12-9-16-5-7-18(21-3)8-6-16/h5-8,10,13-15,19H,4,9,11-12H2,1-3H3. The van der Waals surface area contributed by atoms with Gasteiger partial charge in [-0.05, 0) is 55.6 Å². The van der Waals surface area contributed by atoms with Crippen LogP contribution in [-0.4, -0.2) is 18.2 Å². The largest absolute Gasteiger partial charge is 0.497 e. The number of ether oxygens (including phenoxy) is 1.